The van der Waals surface area contributed by atoms with Gasteiger partial charge in [0.05, 0.1) is 6.04 Å². The average molecular weight is 396 g/mol. The Labute approximate surface area is 165 Å². The molecule has 28 heavy (non-hydrogen) atoms. The first-order chi connectivity index (χ1) is 13.2. The van der Waals surface area contributed by atoms with Crippen molar-refractivity contribution in [3.05, 3.63) is 0 Å². The minimum atomic E-state index is -1.02. The zero-order valence-electron chi connectivity index (χ0n) is 16.9. The summed E-state index contributed by atoms with van der Waals surface area (Å²) in [7, 11) is 0. The van der Waals surface area contributed by atoms with Crippen molar-refractivity contribution >= 4 is 23.7 Å². The molecule has 2 aliphatic rings. The van der Waals surface area contributed by atoms with E-state index < -0.39 is 30.0 Å². The normalized spacial score (nSPS) is 24.1. The second-order valence-corrected chi connectivity index (χ2v) is 8.10. The van der Waals surface area contributed by atoms with E-state index >= 15 is 0 Å². The molecule has 0 radical (unpaired) electrons. The first-order valence-electron chi connectivity index (χ1n) is 10.1. The molecule has 0 aliphatic carbocycles. The van der Waals surface area contributed by atoms with Crippen LogP contribution in [0.2, 0.25) is 0 Å². The van der Waals surface area contributed by atoms with Gasteiger partial charge in [-0.1, -0.05) is 13.8 Å². The molecule has 0 spiro atoms. The molecule has 0 aromatic carbocycles. The number of carbonyl (C=O) groups excluding carboxylic acids is 3. The fourth-order valence-electron chi connectivity index (χ4n) is 3.76. The summed E-state index contributed by atoms with van der Waals surface area (Å²) in [6.07, 6.45) is 3.11. The number of carboxylic acid groups (broad SMARTS) is 1. The van der Waals surface area contributed by atoms with Crippen molar-refractivity contribution in [3.63, 3.8) is 0 Å². The number of amides is 3. The highest BCUT2D eigenvalue weighted by Crippen LogP contribution is 2.20. The molecule has 4 N–H and O–H groups in total. The van der Waals surface area contributed by atoms with Crippen LogP contribution in [0.15, 0.2) is 0 Å². The summed E-state index contributed by atoms with van der Waals surface area (Å²) in [5.41, 5.74) is 0. The number of likely N-dealkylation sites (tertiary alicyclic amines) is 1. The van der Waals surface area contributed by atoms with Crippen molar-refractivity contribution in [2.75, 3.05) is 13.1 Å². The van der Waals surface area contributed by atoms with E-state index in [0.717, 1.165) is 19.4 Å². The maximum atomic E-state index is 12.9. The van der Waals surface area contributed by atoms with E-state index in [1.807, 2.05) is 13.8 Å². The molecule has 0 unspecified atom stereocenters. The Bertz CT molecular complexity index is 603. The number of nitrogens with zero attached hydrogens (tertiary/aromatic N) is 1. The van der Waals surface area contributed by atoms with Gasteiger partial charge in [0.1, 0.15) is 18.1 Å². The van der Waals surface area contributed by atoms with Gasteiger partial charge in [0, 0.05) is 6.54 Å². The molecule has 0 bridgehead atoms. The van der Waals surface area contributed by atoms with Gasteiger partial charge in [-0.25, -0.2) is 4.79 Å². The Morgan fingerprint density at radius 1 is 1.11 bits per heavy atom. The molecule has 2 saturated heterocycles. The minimum absolute atomic E-state index is 0.132. The molecule has 2 aliphatic heterocycles. The second kappa shape index (κ2) is 9.86. The summed E-state index contributed by atoms with van der Waals surface area (Å²) in [6, 6.07) is -2.73. The van der Waals surface area contributed by atoms with E-state index in [2.05, 4.69) is 16.0 Å². The Morgan fingerprint density at radius 3 is 2.39 bits per heavy atom. The summed E-state index contributed by atoms with van der Waals surface area (Å²) in [5, 5.41) is 17.8. The summed E-state index contributed by atoms with van der Waals surface area (Å²) in [6.45, 7) is 6.60. The van der Waals surface area contributed by atoms with Crippen LogP contribution in [0.1, 0.15) is 52.9 Å². The average Bonchev–Trinajstić information content (AvgIpc) is 3.31. The van der Waals surface area contributed by atoms with Gasteiger partial charge in [0.25, 0.3) is 0 Å². The van der Waals surface area contributed by atoms with Crippen LogP contribution in [0.3, 0.4) is 0 Å². The maximum Gasteiger partial charge on any atom is 0.326 e. The van der Waals surface area contributed by atoms with Crippen molar-refractivity contribution in [1.82, 2.24) is 20.9 Å². The number of carboxylic acids is 1. The van der Waals surface area contributed by atoms with E-state index in [9.17, 15) is 24.3 Å². The first kappa shape index (κ1) is 22.1. The maximum absolute atomic E-state index is 12.9. The number of hydrogen-bond donors (Lipinski definition) is 4. The monoisotopic (exact) mass is 396 g/mol. The Kier molecular flexibility index (Phi) is 7.79. The van der Waals surface area contributed by atoms with E-state index in [-0.39, 0.29) is 23.8 Å². The molecular weight excluding hydrogens is 364 g/mol. The van der Waals surface area contributed by atoms with Crippen LogP contribution in [0.4, 0.5) is 0 Å². The lowest BCUT2D eigenvalue weighted by atomic mass is 10.0. The number of carbonyl (C=O) groups is 4. The van der Waals surface area contributed by atoms with Gasteiger partial charge in [-0.05, 0) is 51.5 Å². The lowest BCUT2D eigenvalue weighted by Gasteiger charge is -2.29. The van der Waals surface area contributed by atoms with Gasteiger partial charge in [0.2, 0.25) is 17.7 Å². The zero-order valence-corrected chi connectivity index (χ0v) is 16.9. The fourth-order valence-corrected chi connectivity index (χ4v) is 3.76. The molecule has 158 valence electrons. The zero-order chi connectivity index (χ0) is 20.8. The fraction of sp³-hybridized carbons (Fsp3) is 0.789. The molecule has 9 heteroatoms. The Hall–Kier alpha value is -2.16. The van der Waals surface area contributed by atoms with Crippen LogP contribution in [0, 0.1) is 5.92 Å². The van der Waals surface area contributed by atoms with Crippen molar-refractivity contribution in [1.29, 1.82) is 0 Å². The van der Waals surface area contributed by atoms with Gasteiger partial charge >= 0.3 is 5.97 Å². The highest BCUT2D eigenvalue weighted by molar-refractivity contribution is 5.94. The Balaban J connectivity index is 1.99. The van der Waals surface area contributed by atoms with Crippen molar-refractivity contribution in [2.45, 2.75) is 77.0 Å². The number of rotatable bonds is 8. The summed E-state index contributed by atoms with van der Waals surface area (Å²) >= 11 is 0. The third kappa shape index (κ3) is 5.67. The molecule has 2 rings (SSSR count). The van der Waals surface area contributed by atoms with Gasteiger partial charge in [0.15, 0.2) is 0 Å². The number of nitrogens with one attached hydrogen (secondary N) is 3. The van der Waals surface area contributed by atoms with E-state index in [1.165, 1.54) is 4.90 Å². The third-order valence-corrected chi connectivity index (χ3v) is 5.27. The predicted octanol–water partition coefficient (Wildman–Crippen LogP) is -0.150. The molecule has 0 aromatic heterocycles. The lowest BCUT2D eigenvalue weighted by Crippen LogP contribution is -2.56. The van der Waals surface area contributed by atoms with E-state index in [4.69, 9.17) is 0 Å². The largest absolute Gasteiger partial charge is 0.480 e. The van der Waals surface area contributed by atoms with Crippen LogP contribution in [0.25, 0.3) is 0 Å². The smallest absolute Gasteiger partial charge is 0.326 e. The molecular formula is C19H32N4O5. The molecule has 0 aromatic rings. The standard InChI is InChI=1S/C19H32N4O5/c1-11(2)10-14(18(26)23-9-5-7-15(23)19(27)28)22-16(24)12(3)21-17(25)13-6-4-8-20-13/h11-15,20H,4-10H2,1-3H3,(H,21,25)(H,22,24)(H,27,28)/t12-,13-,14-,15-/m0/s1. The number of aliphatic carboxylic acids is 1. The van der Waals surface area contributed by atoms with Crippen LogP contribution >= 0.6 is 0 Å². The van der Waals surface area contributed by atoms with Crippen LogP contribution in [-0.2, 0) is 19.2 Å². The minimum Gasteiger partial charge on any atom is -0.480 e. The topological polar surface area (TPSA) is 128 Å². The van der Waals surface area contributed by atoms with Gasteiger partial charge in [-0.2, -0.15) is 0 Å². The molecule has 9 nitrogen and oxygen atoms in total. The number of hydrogen-bond acceptors (Lipinski definition) is 5. The van der Waals surface area contributed by atoms with Gasteiger partial charge in [-0.15, -0.1) is 0 Å². The van der Waals surface area contributed by atoms with Crippen LogP contribution < -0.4 is 16.0 Å². The molecule has 2 heterocycles. The van der Waals surface area contributed by atoms with Gasteiger partial charge < -0.3 is 26.0 Å². The van der Waals surface area contributed by atoms with Crippen molar-refractivity contribution in [2.24, 2.45) is 5.92 Å². The highest BCUT2D eigenvalue weighted by Gasteiger charge is 2.38. The van der Waals surface area contributed by atoms with Crippen molar-refractivity contribution in [3.8, 4) is 0 Å². The Morgan fingerprint density at radius 2 is 1.82 bits per heavy atom. The van der Waals surface area contributed by atoms with E-state index in [0.29, 0.717) is 25.8 Å². The quantitative estimate of drug-likeness (QED) is 0.452. The summed E-state index contributed by atoms with van der Waals surface area (Å²) in [4.78, 5) is 50.5. The van der Waals surface area contributed by atoms with Crippen LogP contribution in [-0.4, -0.2) is 71.0 Å². The molecule has 0 saturated carbocycles. The first-order valence-corrected chi connectivity index (χ1v) is 10.1. The predicted molar refractivity (Wildman–Crippen MR) is 102 cm³/mol. The molecule has 4 atom stereocenters. The second-order valence-electron chi connectivity index (χ2n) is 8.10. The van der Waals surface area contributed by atoms with E-state index in [1.54, 1.807) is 6.92 Å². The SMILES string of the molecule is CC(C)C[C@H](NC(=O)[C@H](C)NC(=O)[C@@H]1CCCN1)C(=O)N1CCC[C@H]1C(=O)O. The van der Waals surface area contributed by atoms with Crippen molar-refractivity contribution < 1.29 is 24.3 Å². The lowest BCUT2D eigenvalue weighted by molar-refractivity contribution is -0.149. The van der Waals surface area contributed by atoms with Gasteiger partial charge in [-0.3, -0.25) is 14.4 Å². The summed E-state index contributed by atoms with van der Waals surface area (Å²) in [5.74, 6) is -1.94. The van der Waals surface area contributed by atoms with Crippen LogP contribution in [0.5, 0.6) is 0 Å². The summed E-state index contributed by atoms with van der Waals surface area (Å²) < 4.78 is 0. The third-order valence-electron chi connectivity index (χ3n) is 5.27. The highest BCUT2D eigenvalue weighted by atomic mass is 16.4. The molecule has 3 amide bonds. The molecule has 2 fully saturated rings.